The van der Waals surface area contributed by atoms with Crippen molar-refractivity contribution in [3.63, 3.8) is 0 Å². The Morgan fingerprint density at radius 3 is 2.46 bits per heavy atom. The van der Waals surface area contributed by atoms with E-state index in [1.807, 2.05) is 49.4 Å². The van der Waals surface area contributed by atoms with Gasteiger partial charge in [-0.25, -0.2) is 9.78 Å². The number of methoxy groups -OCH3 is 2. The van der Waals surface area contributed by atoms with Crippen LogP contribution < -0.4 is 24.8 Å². The van der Waals surface area contributed by atoms with Crippen molar-refractivity contribution in [3.05, 3.63) is 71.9 Å². The standard InChI is InChI=1S/C26H29N3O6/c1-4-34-20-10-8-19(9-11-20)29-25-21(6-5-14-28-25)26(31)35-17-24(30)27-15-13-18-7-12-22(32-2)23(16-18)33-3/h5-12,14,16H,4,13,15,17H2,1-3H3,(H,27,30)(H,28,29). The first-order chi connectivity index (χ1) is 17.0. The first-order valence-electron chi connectivity index (χ1n) is 11.1. The molecule has 0 atom stereocenters. The highest BCUT2D eigenvalue weighted by molar-refractivity contribution is 5.96. The molecule has 2 aromatic carbocycles. The summed E-state index contributed by atoms with van der Waals surface area (Å²) in [5.41, 5.74) is 1.92. The molecule has 9 heteroatoms. The van der Waals surface area contributed by atoms with Gasteiger partial charge in [0.05, 0.1) is 20.8 Å². The Balaban J connectivity index is 1.50. The predicted molar refractivity (Wildman–Crippen MR) is 132 cm³/mol. The lowest BCUT2D eigenvalue weighted by atomic mass is 10.1. The minimum absolute atomic E-state index is 0.222. The van der Waals surface area contributed by atoms with E-state index in [0.29, 0.717) is 36.9 Å². The minimum Gasteiger partial charge on any atom is -0.494 e. The highest BCUT2D eigenvalue weighted by atomic mass is 16.5. The summed E-state index contributed by atoms with van der Waals surface area (Å²) < 4.78 is 21.1. The van der Waals surface area contributed by atoms with Gasteiger partial charge in [-0.1, -0.05) is 6.07 Å². The summed E-state index contributed by atoms with van der Waals surface area (Å²) in [5.74, 6) is 1.28. The number of hydrogen-bond donors (Lipinski definition) is 2. The van der Waals surface area contributed by atoms with Crippen LogP contribution >= 0.6 is 0 Å². The summed E-state index contributed by atoms with van der Waals surface area (Å²) in [4.78, 5) is 29.0. The van der Waals surface area contributed by atoms with Crippen LogP contribution in [0.5, 0.6) is 17.2 Å². The number of nitrogens with zero attached hydrogens (tertiary/aromatic N) is 1. The molecule has 3 aromatic rings. The van der Waals surface area contributed by atoms with Crippen LogP contribution in [0.15, 0.2) is 60.8 Å². The van der Waals surface area contributed by atoms with Crippen LogP contribution in [0.2, 0.25) is 0 Å². The topological polar surface area (TPSA) is 108 Å². The number of hydrogen-bond acceptors (Lipinski definition) is 8. The molecule has 9 nitrogen and oxygen atoms in total. The van der Waals surface area contributed by atoms with Gasteiger partial charge in [-0.3, -0.25) is 4.79 Å². The fraction of sp³-hybridized carbons (Fsp3) is 0.269. The number of carbonyl (C=O) groups is 2. The molecule has 0 aliphatic rings. The molecule has 184 valence electrons. The normalized spacial score (nSPS) is 10.3. The summed E-state index contributed by atoms with van der Waals surface area (Å²) in [7, 11) is 3.14. The van der Waals surface area contributed by atoms with Gasteiger partial charge < -0.3 is 29.6 Å². The van der Waals surface area contributed by atoms with Crippen LogP contribution in [0, 0.1) is 0 Å². The molecule has 0 fully saturated rings. The molecular weight excluding hydrogens is 450 g/mol. The van der Waals surface area contributed by atoms with E-state index < -0.39 is 18.5 Å². The molecule has 0 saturated carbocycles. The third-order valence-corrected chi connectivity index (χ3v) is 4.97. The van der Waals surface area contributed by atoms with Gasteiger partial charge in [-0.2, -0.15) is 0 Å². The maximum Gasteiger partial charge on any atom is 0.342 e. The van der Waals surface area contributed by atoms with Crippen LogP contribution in [0.1, 0.15) is 22.8 Å². The second-order valence-electron chi connectivity index (χ2n) is 7.35. The lowest BCUT2D eigenvalue weighted by Gasteiger charge is -2.12. The monoisotopic (exact) mass is 479 g/mol. The second-order valence-corrected chi connectivity index (χ2v) is 7.35. The lowest BCUT2D eigenvalue weighted by Crippen LogP contribution is -2.30. The number of nitrogens with one attached hydrogen (secondary N) is 2. The molecule has 3 rings (SSSR count). The zero-order chi connectivity index (χ0) is 25.0. The number of benzene rings is 2. The Kier molecular flexibility index (Phi) is 9.30. The highest BCUT2D eigenvalue weighted by Gasteiger charge is 2.16. The van der Waals surface area contributed by atoms with Crippen molar-refractivity contribution in [3.8, 4) is 17.2 Å². The summed E-state index contributed by atoms with van der Waals surface area (Å²) in [6.45, 7) is 2.47. The van der Waals surface area contributed by atoms with E-state index >= 15 is 0 Å². The van der Waals surface area contributed by atoms with E-state index in [1.54, 1.807) is 32.5 Å². The molecule has 0 aliphatic carbocycles. The lowest BCUT2D eigenvalue weighted by molar-refractivity contribution is -0.124. The predicted octanol–water partition coefficient (Wildman–Crippen LogP) is 3.76. The molecule has 1 heterocycles. The zero-order valence-corrected chi connectivity index (χ0v) is 20.0. The third kappa shape index (κ3) is 7.36. The number of amides is 1. The van der Waals surface area contributed by atoms with Gasteiger partial charge in [-0.15, -0.1) is 0 Å². The molecule has 0 aliphatic heterocycles. The van der Waals surface area contributed by atoms with E-state index in [2.05, 4.69) is 15.6 Å². The van der Waals surface area contributed by atoms with Gasteiger partial charge in [0.2, 0.25) is 0 Å². The van der Waals surface area contributed by atoms with Crippen LogP contribution in [0.3, 0.4) is 0 Å². The van der Waals surface area contributed by atoms with E-state index in [9.17, 15) is 9.59 Å². The molecule has 35 heavy (non-hydrogen) atoms. The number of ether oxygens (including phenoxy) is 4. The highest BCUT2D eigenvalue weighted by Crippen LogP contribution is 2.27. The fourth-order valence-electron chi connectivity index (χ4n) is 3.25. The maximum atomic E-state index is 12.6. The Hall–Kier alpha value is -4.27. The largest absolute Gasteiger partial charge is 0.494 e. The number of anilines is 2. The summed E-state index contributed by atoms with van der Waals surface area (Å²) in [5, 5.41) is 5.84. The number of aromatic nitrogens is 1. The maximum absolute atomic E-state index is 12.6. The van der Waals surface area contributed by atoms with Crippen LogP contribution in [-0.2, 0) is 16.0 Å². The van der Waals surface area contributed by atoms with Gasteiger partial charge >= 0.3 is 5.97 Å². The number of carbonyl (C=O) groups excluding carboxylic acids is 2. The number of esters is 1. The molecule has 0 radical (unpaired) electrons. The first-order valence-corrected chi connectivity index (χ1v) is 11.1. The Bertz CT molecular complexity index is 1130. The van der Waals surface area contributed by atoms with E-state index in [1.165, 1.54) is 0 Å². The van der Waals surface area contributed by atoms with Crippen molar-refractivity contribution in [2.24, 2.45) is 0 Å². The van der Waals surface area contributed by atoms with Crippen LogP contribution in [-0.4, -0.2) is 50.8 Å². The van der Waals surface area contributed by atoms with Crippen LogP contribution in [0.25, 0.3) is 0 Å². The number of rotatable bonds is 12. The van der Waals surface area contributed by atoms with E-state index in [0.717, 1.165) is 17.0 Å². The van der Waals surface area contributed by atoms with Crippen molar-refractivity contribution in [1.82, 2.24) is 10.3 Å². The van der Waals surface area contributed by atoms with Gasteiger partial charge in [-0.05, 0) is 67.4 Å². The van der Waals surface area contributed by atoms with E-state index in [4.69, 9.17) is 18.9 Å². The fourth-order valence-corrected chi connectivity index (χ4v) is 3.25. The van der Waals surface area contributed by atoms with Crippen molar-refractivity contribution in [2.45, 2.75) is 13.3 Å². The molecule has 0 unspecified atom stereocenters. The molecule has 2 N–H and O–H groups in total. The van der Waals surface area contributed by atoms with Crippen LogP contribution in [0.4, 0.5) is 11.5 Å². The van der Waals surface area contributed by atoms with Crippen molar-refractivity contribution < 1.29 is 28.5 Å². The van der Waals surface area contributed by atoms with Gasteiger partial charge in [0, 0.05) is 18.4 Å². The summed E-state index contributed by atoms with van der Waals surface area (Å²) in [6.07, 6.45) is 2.15. The summed E-state index contributed by atoms with van der Waals surface area (Å²) >= 11 is 0. The smallest absolute Gasteiger partial charge is 0.342 e. The van der Waals surface area contributed by atoms with Crippen molar-refractivity contribution >= 4 is 23.4 Å². The number of pyridine rings is 1. The van der Waals surface area contributed by atoms with Gasteiger partial charge in [0.1, 0.15) is 17.1 Å². The Labute approximate surface area is 204 Å². The third-order valence-electron chi connectivity index (χ3n) is 4.97. The molecular formula is C26H29N3O6. The first kappa shape index (κ1) is 25.4. The summed E-state index contributed by atoms with van der Waals surface area (Å²) in [6, 6.07) is 16.1. The Morgan fingerprint density at radius 2 is 1.74 bits per heavy atom. The van der Waals surface area contributed by atoms with Gasteiger partial charge in [0.25, 0.3) is 5.91 Å². The molecule has 1 amide bonds. The quantitative estimate of drug-likeness (QED) is 0.378. The van der Waals surface area contributed by atoms with Gasteiger partial charge in [0.15, 0.2) is 18.1 Å². The average molecular weight is 480 g/mol. The zero-order valence-electron chi connectivity index (χ0n) is 20.0. The molecule has 0 saturated heterocycles. The molecule has 0 spiro atoms. The van der Waals surface area contributed by atoms with Crippen molar-refractivity contribution in [2.75, 3.05) is 39.3 Å². The molecule has 0 bridgehead atoms. The van der Waals surface area contributed by atoms with Crippen molar-refractivity contribution in [1.29, 1.82) is 0 Å². The SMILES string of the molecule is CCOc1ccc(Nc2ncccc2C(=O)OCC(=O)NCCc2ccc(OC)c(OC)c2)cc1. The minimum atomic E-state index is -0.651. The second kappa shape index (κ2) is 12.8. The Morgan fingerprint density at radius 1 is 0.971 bits per heavy atom. The average Bonchev–Trinajstić information content (AvgIpc) is 2.88. The molecule has 1 aromatic heterocycles. The van der Waals surface area contributed by atoms with E-state index in [-0.39, 0.29) is 5.56 Å².